The molecule has 3 aromatic rings. The highest BCUT2D eigenvalue weighted by molar-refractivity contribution is 7.89. The van der Waals surface area contributed by atoms with E-state index in [2.05, 4.69) is 20.8 Å². The van der Waals surface area contributed by atoms with Gasteiger partial charge in [0.2, 0.25) is 15.9 Å². The summed E-state index contributed by atoms with van der Waals surface area (Å²) in [5.74, 6) is 1.52. The highest BCUT2D eigenvalue weighted by Gasteiger charge is 2.16. The van der Waals surface area contributed by atoms with Crippen LogP contribution >= 0.6 is 12.2 Å². The van der Waals surface area contributed by atoms with Gasteiger partial charge in [0, 0.05) is 26.7 Å². The van der Waals surface area contributed by atoms with Crippen LogP contribution in [0.5, 0.6) is 11.6 Å². The van der Waals surface area contributed by atoms with E-state index in [0.29, 0.717) is 29.1 Å². The largest absolute Gasteiger partial charge is 0.438 e. The third kappa shape index (κ3) is 5.72. The lowest BCUT2D eigenvalue weighted by molar-refractivity contribution is 0.455. The molecule has 0 atom stereocenters. The number of nitrogens with zero attached hydrogens (tertiary/aromatic N) is 3. The van der Waals surface area contributed by atoms with Gasteiger partial charge in [0.25, 0.3) is 0 Å². The Morgan fingerprint density at radius 1 is 1.00 bits per heavy atom. The second-order valence-corrected chi connectivity index (χ2v) is 8.97. The van der Waals surface area contributed by atoms with Gasteiger partial charge in [-0.1, -0.05) is 30.3 Å². The van der Waals surface area contributed by atoms with Crippen molar-refractivity contribution < 1.29 is 13.2 Å². The van der Waals surface area contributed by atoms with E-state index in [1.54, 1.807) is 36.4 Å². The maximum Gasteiger partial charge on any atom is 0.242 e. The van der Waals surface area contributed by atoms with E-state index in [0.717, 1.165) is 5.56 Å². The van der Waals surface area contributed by atoms with Crippen LogP contribution in [0.15, 0.2) is 71.6 Å². The average Bonchev–Trinajstić information content (AvgIpc) is 2.74. The third-order valence-electron chi connectivity index (χ3n) is 4.00. The standard InChI is InChI=1S/C20H21N5O3S2/c1-25(2)30(26,27)17-10-8-15(9-11-17)14-21-20(29)22-18-12-13-19(24-23-18)28-16-6-4-3-5-7-16/h3-13H,14H2,1-2H3,(H2,21,22,23,29). The maximum atomic E-state index is 12.1. The molecule has 0 saturated carbocycles. The van der Waals surface area contributed by atoms with Crippen LogP contribution in [0.4, 0.5) is 5.82 Å². The van der Waals surface area contributed by atoms with E-state index < -0.39 is 10.0 Å². The molecule has 10 heteroatoms. The predicted molar refractivity (Wildman–Crippen MR) is 119 cm³/mol. The number of rotatable bonds is 7. The van der Waals surface area contributed by atoms with Crippen LogP contribution in [0.2, 0.25) is 0 Å². The summed E-state index contributed by atoms with van der Waals surface area (Å²) in [6.07, 6.45) is 0. The summed E-state index contributed by atoms with van der Waals surface area (Å²) in [5, 5.41) is 14.4. The number of anilines is 1. The number of sulfonamides is 1. The molecule has 0 aliphatic carbocycles. The van der Waals surface area contributed by atoms with Gasteiger partial charge in [-0.15, -0.1) is 10.2 Å². The number of thiocarbonyl (C=S) groups is 1. The quantitative estimate of drug-likeness (QED) is 0.538. The molecule has 156 valence electrons. The predicted octanol–water partition coefficient (Wildman–Crippen LogP) is 3.01. The highest BCUT2D eigenvalue weighted by Crippen LogP contribution is 2.18. The Morgan fingerprint density at radius 3 is 2.30 bits per heavy atom. The van der Waals surface area contributed by atoms with Gasteiger partial charge in [0.05, 0.1) is 4.90 Å². The number of ether oxygens (including phenoxy) is 1. The Hall–Kier alpha value is -3.08. The minimum Gasteiger partial charge on any atom is -0.438 e. The van der Waals surface area contributed by atoms with Crippen LogP contribution in [0.25, 0.3) is 0 Å². The third-order valence-corrected chi connectivity index (χ3v) is 6.08. The van der Waals surface area contributed by atoms with Crippen molar-refractivity contribution in [3.63, 3.8) is 0 Å². The maximum absolute atomic E-state index is 12.1. The summed E-state index contributed by atoms with van der Waals surface area (Å²) in [6.45, 7) is 0.427. The fourth-order valence-electron chi connectivity index (χ4n) is 2.38. The smallest absolute Gasteiger partial charge is 0.242 e. The highest BCUT2D eigenvalue weighted by atomic mass is 32.2. The first-order valence-electron chi connectivity index (χ1n) is 8.97. The number of para-hydroxylation sites is 1. The summed E-state index contributed by atoms with van der Waals surface area (Å²) in [4.78, 5) is 0.241. The fraction of sp³-hybridized carbons (Fsp3) is 0.150. The van der Waals surface area contributed by atoms with Crippen LogP contribution in [-0.4, -0.2) is 42.1 Å². The van der Waals surface area contributed by atoms with Crippen molar-refractivity contribution in [1.29, 1.82) is 0 Å². The molecule has 0 bridgehead atoms. The minimum absolute atomic E-state index is 0.241. The van der Waals surface area contributed by atoms with Gasteiger partial charge >= 0.3 is 0 Å². The molecular weight excluding hydrogens is 422 g/mol. The SMILES string of the molecule is CN(C)S(=O)(=O)c1ccc(CNC(=S)Nc2ccc(Oc3ccccc3)nn2)cc1. The van der Waals surface area contributed by atoms with Crippen LogP contribution in [0.1, 0.15) is 5.56 Å². The first-order valence-corrected chi connectivity index (χ1v) is 10.8. The molecule has 0 unspecified atom stereocenters. The van der Waals surface area contributed by atoms with Crippen molar-refractivity contribution >= 4 is 33.2 Å². The first-order chi connectivity index (χ1) is 14.3. The summed E-state index contributed by atoms with van der Waals surface area (Å²) < 4.78 is 31.0. The van der Waals surface area contributed by atoms with E-state index in [1.165, 1.54) is 18.4 Å². The second kappa shape index (κ2) is 9.61. The molecule has 0 fully saturated rings. The topological polar surface area (TPSA) is 96.5 Å². The molecular formula is C20H21N5O3S2. The van der Waals surface area contributed by atoms with Gasteiger partial charge in [-0.2, -0.15) is 0 Å². The second-order valence-electron chi connectivity index (χ2n) is 6.41. The Kier molecular flexibility index (Phi) is 6.93. The normalized spacial score (nSPS) is 11.2. The molecule has 1 aromatic heterocycles. The van der Waals surface area contributed by atoms with Crippen LogP contribution in [0.3, 0.4) is 0 Å². The molecule has 3 rings (SSSR count). The molecule has 0 aliphatic rings. The lowest BCUT2D eigenvalue weighted by Crippen LogP contribution is -2.28. The van der Waals surface area contributed by atoms with Crippen molar-refractivity contribution in [2.24, 2.45) is 0 Å². The van der Waals surface area contributed by atoms with E-state index in [-0.39, 0.29) is 4.90 Å². The van der Waals surface area contributed by atoms with Crippen molar-refractivity contribution in [3.8, 4) is 11.6 Å². The summed E-state index contributed by atoms with van der Waals surface area (Å²) in [5.41, 5.74) is 0.884. The summed E-state index contributed by atoms with van der Waals surface area (Å²) >= 11 is 5.27. The lowest BCUT2D eigenvalue weighted by Gasteiger charge is -2.12. The molecule has 2 aromatic carbocycles. The molecule has 0 saturated heterocycles. The molecule has 0 amide bonds. The molecule has 8 nitrogen and oxygen atoms in total. The molecule has 2 N–H and O–H groups in total. The molecule has 0 aliphatic heterocycles. The summed E-state index contributed by atoms with van der Waals surface area (Å²) in [6, 6.07) is 19.3. The van der Waals surface area contributed by atoms with Gasteiger partial charge in [-0.25, -0.2) is 12.7 Å². The number of hydrogen-bond donors (Lipinski definition) is 2. The zero-order chi connectivity index (χ0) is 21.6. The zero-order valence-electron chi connectivity index (χ0n) is 16.4. The Morgan fingerprint density at radius 2 is 1.70 bits per heavy atom. The van der Waals surface area contributed by atoms with Crippen molar-refractivity contribution in [1.82, 2.24) is 19.8 Å². The van der Waals surface area contributed by atoms with E-state index >= 15 is 0 Å². The number of nitrogens with one attached hydrogen (secondary N) is 2. The molecule has 0 spiro atoms. The number of aromatic nitrogens is 2. The van der Waals surface area contributed by atoms with E-state index in [4.69, 9.17) is 17.0 Å². The molecule has 1 heterocycles. The van der Waals surface area contributed by atoms with Crippen molar-refractivity contribution in [2.45, 2.75) is 11.4 Å². The Bertz CT molecular complexity index is 1090. The Labute approximate surface area is 181 Å². The van der Waals surface area contributed by atoms with E-state index in [9.17, 15) is 8.42 Å². The minimum atomic E-state index is -3.44. The summed E-state index contributed by atoms with van der Waals surface area (Å²) in [7, 11) is -0.444. The molecule has 0 radical (unpaired) electrons. The molecule has 30 heavy (non-hydrogen) atoms. The van der Waals surface area contributed by atoms with Gasteiger partial charge in [-0.3, -0.25) is 0 Å². The average molecular weight is 444 g/mol. The zero-order valence-corrected chi connectivity index (χ0v) is 18.1. The van der Waals surface area contributed by atoms with Crippen LogP contribution < -0.4 is 15.4 Å². The lowest BCUT2D eigenvalue weighted by atomic mass is 10.2. The van der Waals surface area contributed by atoms with E-state index in [1.807, 2.05) is 30.3 Å². The number of benzene rings is 2. The monoisotopic (exact) mass is 443 g/mol. The van der Waals surface area contributed by atoms with Crippen molar-refractivity contribution in [2.75, 3.05) is 19.4 Å². The van der Waals surface area contributed by atoms with Crippen LogP contribution in [0, 0.1) is 0 Å². The van der Waals surface area contributed by atoms with Gasteiger partial charge < -0.3 is 15.4 Å². The van der Waals surface area contributed by atoms with Gasteiger partial charge in [0.15, 0.2) is 10.9 Å². The first kappa shape index (κ1) is 21.6. The number of hydrogen-bond acceptors (Lipinski definition) is 6. The van der Waals surface area contributed by atoms with Crippen molar-refractivity contribution in [3.05, 3.63) is 72.3 Å². The van der Waals surface area contributed by atoms with Crippen LogP contribution in [-0.2, 0) is 16.6 Å². The van der Waals surface area contributed by atoms with Gasteiger partial charge in [0.1, 0.15) is 5.75 Å². The van der Waals surface area contributed by atoms with Gasteiger partial charge in [-0.05, 0) is 48.1 Å². The Balaban J connectivity index is 1.51. The fourth-order valence-corrected chi connectivity index (χ4v) is 3.46.